The van der Waals surface area contributed by atoms with E-state index in [4.69, 9.17) is 10.2 Å². The molecule has 0 aromatic carbocycles. The lowest BCUT2D eigenvalue weighted by atomic mass is 9.53. The van der Waals surface area contributed by atoms with Crippen LogP contribution in [0.5, 0.6) is 0 Å². The third-order valence-electron chi connectivity index (χ3n) is 6.55. The number of nitrogens with one attached hydrogen (secondary N) is 1. The molecule has 0 atom stereocenters. The summed E-state index contributed by atoms with van der Waals surface area (Å²) in [6.45, 7) is -0.0675. The average molecular weight is 416 g/mol. The number of nitrogens with two attached hydrogens (primary N) is 1. The van der Waals surface area contributed by atoms with Crippen molar-refractivity contribution in [3.63, 3.8) is 0 Å². The first-order chi connectivity index (χ1) is 14.0. The molecule has 2 amide bonds. The van der Waals surface area contributed by atoms with Gasteiger partial charge in [-0.1, -0.05) is 11.8 Å². The van der Waals surface area contributed by atoms with E-state index in [0.717, 1.165) is 37.0 Å². The van der Waals surface area contributed by atoms with Crippen LogP contribution >= 0.6 is 11.8 Å². The zero-order valence-corrected chi connectivity index (χ0v) is 17.0. The number of hydrogen-bond donors (Lipinski definition) is 2. The Morgan fingerprint density at radius 3 is 2.48 bits per heavy atom. The number of furan rings is 1. The van der Waals surface area contributed by atoms with Gasteiger partial charge in [0, 0.05) is 5.54 Å². The lowest BCUT2D eigenvalue weighted by Gasteiger charge is -2.56. The average Bonchev–Trinajstić information content (AvgIpc) is 3.27. The molecular weight excluding hydrogens is 390 g/mol. The number of amides is 2. The highest BCUT2D eigenvalue weighted by Crippen LogP contribution is 2.55. The number of primary amides is 1. The molecule has 9 heteroatoms. The highest BCUT2D eigenvalue weighted by molar-refractivity contribution is 7.99. The Kier molecular flexibility index (Phi) is 4.64. The predicted octanol–water partition coefficient (Wildman–Crippen LogP) is 2.20. The molecule has 29 heavy (non-hydrogen) atoms. The van der Waals surface area contributed by atoms with Crippen LogP contribution in [-0.4, -0.2) is 37.9 Å². The molecule has 4 saturated carbocycles. The van der Waals surface area contributed by atoms with Crippen molar-refractivity contribution in [3.8, 4) is 11.6 Å². The third-order valence-corrected chi connectivity index (χ3v) is 7.51. The molecule has 8 nitrogen and oxygen atoms in total. The molecule has 2 aromatic rings. The van der Waals surface area contributed by atoms with Gasteiger partial charge in [-0.2, -0.15) is 0 Å². The van der Waals surface area contributed by atoms with Crippen LogP contribution in [0, 0.1) is 17.8 Å². The van der Waals surface area contributed by atoms with Gasteiger partial charge in [0.2, 0.25) is 17.6 Å². The van der Waals surface area contributed by atoms with E-state index in [9.17, 15) is 9.59 Å². The Morgan fingerprint density at radius 2 is 1.90 bits per heavy atom. The van der Waals surface area contributed by atoms with Gasteiger partial charge in [0.15, 0.2) is 10.9 Å². The Labute approximate surface area is 173 Å². The Bertz CT molecular complexity index is 887. The lowest BCUT2D eigenvalue weighted by Crippen LogP contribution is -2.60. The monoisotopic (exact) mass is 415 g/mol. The van der Waals surface area contributed by atoms with Crippen molar-refractivity contribution in [2.75, 3.05) is 5.75 Å². The minimum Gasteiger partial charge on any atom is -0.461 e. The highest BCUT2D eigenvalue weighted by Gasteiger charge is 2.51. The van der Waals surface area contributed by atoms with Gasteiger partial charge in [-0.15, -0.1) is 10.2 Å². The molecule has 4 bridgehead atoms. The maximum absolute atomic E-state index is 12.8. The van der Waals surface area contributed by atoms with Gasteiger partial charge >= 0.3 is 0 Å². The standard InChI is InChI=1S/C20H25N5O3S/c21-16(26)10-25-18(15-2-1-3-28-15)23-24-19(25)29-11-17(27)22-20-7-12-4-13(8-20)6-14(5-12)9-20/h1-3,12-14H,4-11H2,(H2,21,26)(H,22,27). The van der Waals surface area contributed by atoms with Gasteiger partial charge in [-0.3, -0.25) is 14.2 Å². The molecule has 154 valence electrons. The maximum atomic E-state index is 12.8. The van der Waals surface area contributed by atoms with Gasteiger partial charge in [0.05, 0.1) is 12.0 Å². The van der Waals surface area contributed by atoms with E-state index in [2.05, 4.69) is 15.5 Å². The minimum absolute atomic E-state index is 0.00732. The van der Waals surface area contributed by atoms with Crippen LogP contribution in [0.3, 0.4) is 0 Å². The summed E-state index contributed by atoms with van der Waals surface area (Å²) in [6, 6.07) is 3.49. The molecular formula is C20H25N5O3S. The van der Waals surface area contributed by atoms with Crippen molar-refractivity contribution < 1.29 is 14.0 Å². The number of carbonyl (C=O) groups is 2. The summed E-state index contributed by atoms with van der Waals surface area (Å²) in [5.74, 6) is 3.02. The summed E-state index contributed by atoms with van der Waals surface area (Å²) in [6.07, 6.45) is 8.92. The second-order valence-electron chi connectivity index (χ2n) is 8.87. The van der Waals surface area contributed by atoms with Crippen LogP contribution in [0.25, 0.3) is 11.6 Å². The molecule has 0 spiro atoms. The molecule has 4 aliphatic carbocycles. The van der Waals surface area contributed by atoms with E-state index in [-0.39, 0.29) is 23.7 Å². The van der Waals surface area contributed by atoms with Crippen molar-refractivity contribution in [3.05, 3.63) is 18.4 Å². The van der Waals surface area contributed by atoms with Crippen LogP contribution in [0.4, 0.5) is 0 Å². The maximum Gasteiger partial charge on any atom is 0.237 e. The summed E-state index contributed by atoms with van der Waals surface area (Å²) in [4.78, 5) is 24.3. The number of aromatic nitrogens is 3. The zero-order valence-electron chi connectivity index (χ0n) is 16.2. The fourth-order valence-electron chi connectivity index (χ4n) is 6.01. The third kappa shape index (κ3) is 3.68. The normalized spacial score (nSPS) is 29.9. The fourth-order valence-corrected chi connectivity index (χ4v) is 6.75. The van der Waals surface area contributed by atoms with E-state index in [0.29, 0.717) is 16.7 Å². The molecule has 4 aliphatic rings. The Hall–Kier alpha value is -2.29. The van der Waals surface area contributed by atoms with Gasteiger partial charge in [-0.25, -0.2) is 0 Å². The number of thioether (sulfide) groups is 1. The first-order valence-electron chi connectivity index (χ1n) is 10.2. The number of nitrogens with zero attached hydrogens (tertiary/aromatic N) is 3. The summed E-state index contributed by atoms with van der Waals surface area (Å²) >= 11 is 1.27. The molecule has 0 radical (unpaired) electrons. The highest BCUT2D eigenvalue weighted by atomic mass is 32.2. The first kappa shape index (κ1) is 18.7. The first-order valence-corrected chi connectivity index (χ1v) is 11.2. The van der Waals surface area contributed by atoms with Gasteiger partial charge in [-0.05, 0) is 68.4 Å². The second kappa shape index (κ2) is 7.19. The molecule has 6 rings (SSSR count). The van der Waals surface area contributed by atoms with E-state index in [1.807, 2.05) is 0 Å². The fraction of sp³-hybridized carbons (Fsp3) is 0.600. The van der Waals surface area contributed by atoms with Gasteiger partial charge in [0.25, 0.3) is 0 Å². The van der Waals surface area contributed by atoms with Crippen LogP contribution < -0.4 is 11.1 Å². The lowest BCUT2D eigenvalue weighted by molar-refractivity contribution is -0.124. The zero-order chi connectivity index (χ0) is 20.0. The number of hydrogen-bond acceptors (Lipinski definition) is 6. The van der Waals surface area contributed by atoms with Crippen LogP contribution in [-0.2, 0) is 16.1 Å². The van der Waals surface area contributed by atoms with Crippen molar-refractivity contribution in [2.24, 2.45) is 23.5 Å². The van der Waals surface area contributed by atoms with Crippen LogP contribution in [0.1, 0.15) is 38.5 Å². The van der Waals surface area contributed by atoms with E-state index >= 15 is 0 Å². The van der Waals surface area contributed by atoms with Gasteiger partial charge < -0.3 is 15.5 Å². The molecule has 4 fully saturated rings. The SMILES string of the molecule is NC(=O)Cn1c(SCC(=O)NC23CC4CC(CC(C4)C2)C3)nnc1-c1ccco1. The van der Waals surface area contributed by atoms with Crippen molar-refractivity contribution in [1.82, 2.24) is 20.1 Å². The Balaban J connectivity index is 1.26. The quantitative estimate of drug-likeness (QED) is 0.670. The number of carbonyl (C=O) groups excluding carboxylic acids is 2. The Morgan fingerprint density at radius 1 is 1.21 bits per heavy atom. The van der Waals surface area contributed by atoms with E-state index in [1.165, 1.54) is 37.3 Å². The summed E-state index contributed by atoms with van der Waals surface area (Å²) < 4.78 is 6.98. The molecule has 2 heterocycles. The minimum atomic E-state index is -0.502. The van der Waals surface area contributed by atoms with Crippen molar-refractivity contribution in [1.29, 1.82) is 0 Å². The molecule has 3 N–H and O–H groups in total. The largest absolute Gasteiger partial charge is 0.461 e. The number of rotatable bonds is 7. The molecule has 2 aromatic heterocycles. The van der Waals surface area contributed by atoms with Crippen LogP contribution in [0.2, 0.25) is 0 Å². The molecule has 0 saturated heterocycles. The topological polar surface area (TPSA) is 116 Å². The molecule has 0 aliphatic heterocycles. The summed E-state index contributed by atoms with van der Waals surface area (Å²) in [7, 11) is 0. The summed E-state index contributed by atoms with van der Waals surface area (Å²) in [5.41, 5.74) is 5.38. The van der Waals surface area contributed by atoms with Crippen LogP contribution in [0.15, 0.2) is 28.0 Å². The van der Waals surface area contributed by atoms with Crippen molar-refractivity contribution in [2.45, 2.75) is 55.8 Å². The van der Waals surface area contributed by atoms with Crippen molar-refractivity contribution >= 4 is 23.6 Å². The smallest absolute Gasteiger partial charge is 0.237 e. The predicted molar refractivity (Wildman–Crippen MR) is 107 cm³/mol. The van der Waals surface area contributed by atoms with E-state index < -0.39 is 5.91 Å². The van der Waals surface area contributed by atoms with Gasteiger partial charge in [0.1, 0.15) is 6.54 Å². The van der Waals surface area contributed by atoms with E-state index in [1.54, 1.807) is 16.7 Å². The second-order valence-corrected chi connectivity index (χ2v) is 9.81. The summed E-state index contributed by atoms with van der Waals surface area (Å²) in [5, 5.41) is 12.1. The molecule has 0 unspecified atom stereocenters.